The molecule has 0 saturated carbocycles. The van der Waals surface area contributed by atoms with Crippen molar-refractivity contribution in [2.45, 2.75) is 25.8 Å². The fraction of sp³-hybridized carbons (Fsp3) is 0.381. The zero-order valence-electron chi connectivity index (χ0n) is 15.9. The Labute approximate surface area is 165 Å². The molecule has 2 aromatic rings. The Morgan fingerprint density at radius 1 is 1.04 bits per heavy atom. The van der Waals surface area contributed by atoms with Crippen LogP contribution in [0.15, 0.2) is 48.5 Å². The van der Waals surface area contributed by atoms with E-state index < -0.39 is 10.0 Å². The summed E-state index contributed by atoms with van der Waals surface area (Å²) in [5.74, 6) is -0.0128. The van der Waals surface area contributed by atoms with Gasteiger partial charge in [-0.1, -0.05) is 24.3 Å². The normalized spacial score (nSPS) is 16.1. The number of carbonyl (C=O) groups excluding carboxylic acids is 1. The van der Waals surface area contributed by atoms with Gasteiger partial charge in [0.15, 0.2) is 0 Å². The van der Waals surface area contributed by atoms with Gasteiger partial charge < -0.3 is 5.32 Å². The van der Waals surface area contributed by atoms with Gasteiger partial charge in [-0.15, -0.1) is 0 Å². The van der Waals surface area contributed by atoms with Gasteiger partial charge in [-0.3, -0.25) is 4.79 Å². The fourth-order valence-electron chi connectivity index (χ4n) is 3.46. The number of halogens is 1. The van der Waals surface area contributed by atoms with E-state index in [1.807, 2.05) is 12.1 Å². The third-order valence-corrected chi connectivity index (χ3v) is 6.45. The van der Waals surface area contributed by atoms with Crippen LogP contribution in [0, 0.1) is 11.7 Å². The van der Waals surface area contributed by atoms with Crippen molar-refractivity contribution in [2.75, 3.05) is 19.3 Å². The predicted molar refractivity (Wildman–Crippen MR) is 107 cm³/mol. The van der Waals surface area contributed by atoms with E-state index >= 15 is 0 Å². The smallest absolute Gasteiger partial charge is 0.251 e. The first-order valence-corrected chi connectivity index (χ1v) is 11.2. The highest BCUT2D eigenvalue weighted by molar-refractivity contribution is 7.88. The lowest BCUT2D eigenvalue weighted by Gasteiger charge is -2.30. The zero-order valence-corrected chi connectivity index (χ0v) is 16.7. The summed E-state index contributed by atoms with van der Waals surface area (Å²) in [4.78, 5) is 12.3. The number of hydrogen-bond acceptors (Lipinski definition) is 3. The predicted octanol–water partition coefficient (Wildman–Crippen LogP) is 2.97. The number of amides is 1. The second-order valence-corrected chi connectivity index (χ2v) is 9.30. The van der Waals surface area contributed by atoms with E-state index in [0.29, 0.717) is 31.1 Å². The number of carbonyl (C=O) groups is 1. The van der Waals surface area contributed by atoms with Crippen molar-refractivity contribution in [3.8, 4) is 0 Å². The van der Waals surface area contributed by atoms with Crippen molar-refractivity contribution >= 4 is 15.9 Å². The van der Waals surface area contributed by atoms with E-state index in [0.717, 1.165) is 30.4 Å². The average Bonchev–Trinajstić information content (AvgIpc) is 2.67. The lowest BCUT2D eigenvalue weighted by atomic mass is 9.91. The molecule has 28 heavy (non-hydrogen) atoms. The maximum absolute atomic E-state index is 12.9. The molecule has 0 atom stereocenters. The summed E-state index contributed by atoms with van der Waals surface area (Å²) in [5, 5.41) is 2.83. The number of hydrogen-bond donors (Lipinski definition) is 1. The zero-order chi connectivity index (χ0) is 20.1. The first-order valence-electron chi connectivity index (χ1n) is 9.38. The molecule has 1 aliphatic rings. The first-order chi connectivity index (χ1) is 13.3. The maximum Gasteiger partial charge on any atom is 0.251 e. The Kier molecular flexibility index (Phi) is 6.46. The molecule has 1 heterocycles. The number of sulfonamides is 1. The molecule has 1 saturated heterocycles. The van der Waals surface area contributed by atoms with Crippen molar-refractivity contribution in [3.63, 3.8) is 0 Å². The van der Waals surface area contributed by atoms with Crippen molar-refractivity contribution in [3.05, 3.63) is 71.0 Å². The Morgan fingerprint density at radius 3 is 2.18 bits per heavy atom. The van der Waals surface area contributed by atoms with Crippen LogP contribution in [0.4, 0.5) is 4.39 Å². The van der Waals surface area contributed by atoms with E-state index in [1.165, 1.54) is 22.7 Å². The van der Waals surface area contributed by atoms with Crippen LogP contribution in [0.2, 0.25) is 0 Å². The van der Waals surface area contributed by atoms with E-state index in [9.17, 15) is 17.6 Å². The first kappa shape index (κ1) is 20.5. The Hall–Kier alpha value is -2.25. The molecule has 1 N–H and O–H groups in total. The number of piperidine rings is 1. The van der Waals surface area contributed by atoms with Crippen LogP contribution in [0.25, 0.3) is 0 Å². The van der Waals surface area contributed by atoms with Gasteiger partial charge in [0.2, 0.25) is 10.0 Å². The van der Waals surface area contributed by atoms with Crippen LogP contribution in [0.5, 0.6) is 0 Å². The topological polar surface area (TPSA) is 66.5 Å². The molecule has 0 aromatic heterocycles. The molecule has 7 heteroatoms. The van der Waals surface area contributed by atoms with E-state index in [1.54, 1.807) is 24.3 Å². The Bertz CT molecular complexity index is 904. The van der Waals surface area contributed by atoms with Crippen molar-refractivity contribution < 1.29 is 17.6 Å². The van der Waals surface area contributed by atoms with E-state index in [2.05, 4.69) is 5.32 Å². The number of nitrogens with one attached hydrogen (secondary N) is 1. The van der Waals surface area contributed by atoms with Crippen LogP contribution in [0.3, 0.4) is 0 Å². The summed E-state index contributed by atoms with van der Waals surface area (Å²) >= 11 is 0. The highest BCUT2D eigenvalue weighted by atomic mass is 32.2. The van der Waals surface area contributed by atoms with Gasteiger partial charge in [-0.25, -0.2) is 17.1 Å². The van der Waals surface area contributed by atoms with Crippen LogP contribution in [-0.4, -0.2) is 38.0 Å². The van der Waals surface area contributed by atoms with Crippen LogP contribution in [0.1, 0.15) is 34.3 Å². The minimum Gasteiger partial charge on any atom is -0.348 e. The van der Waals surface area contributed by atoms with Crippen LogP contribution >= 0.6 is 0 Å². The SMILES string of the molecule is CS(=O)(=O)N1CCC(Cc2ccc(C(=O)NCc3ccc(F)cc3)cc2)CC1. The summed E-state index contributed by atoms with van der Waals surface area (Å²) in [6.45, 7) is 1.50. The number of benzene rings is 2. The van der Waals surface area contributed by atoms with Gasteiger partial charge in [0.25, 0.3) is 5.91 Å². The summed E-state index contributed by atoms with van der Waals surface area (Å²) in [7, 11) is -3.09. The molecule has 150 valence electrons. The van der Waals surface area contributed by atoms with Gasteiger partial charge in [-0.05, 0) is 60.6 Å². The molecule has 0 unspecified atom stereocenters. The quantitative estimate of drug-likeness (QED) is 0.805. The summed E-state index contributed by atoms with van der Waals surface area (Å²) < 4.78 is 37.6. The summed E-state index contributed by atoms with van der Waals surface area (Å²) in [5.41, 5.74) is 2.57. The maximum atomic E-state index is 12.9. The molecular weight excluding hydrogens is 379 g/mol. The Balaban J connectivity index is 1.49. The minimum atomic E-state index is -3.09. The van der Waals surface area contributed by atoms with Crippen molar-refractivity contribution in [1.29, 1.82) is 0 Å². The molecule has 1 amide bonds. The summed E-state index contributed by atoms with van der Waals surface area (Å²) in [6.07, 6.45) is 3.85. The van der Waals surface area contributed by atoms with Gasteiger partial charge in [0.05, 0.1) is 6.26 Å². The molecule has 1 aliphatic heterocycles. The standard InChI is InChI=1S/C21H25FN2O3S/c1-28(26,27)24-12-10-17(11-13-24)14-16-2-6-19(7-3-16)21(25)23-15-18-4-8-20(22)9-5-18/h2-9,17H,10-15H2,1H3,(H,23,25). The Morgan fingerprint density at radius 2 is 1.61 bits per heavy atom. The van der Waals surface area contributed by atoms with Crippen molar-refractivity contribution in [2.24, 2.45) is 5.92 Å². The van der Waals surface area contributed by atoms with Crippen molar-refractivity contribution in [1.82, 2.24) is 9.62 Å². The molecule has 0 bridgehead atoms. The molecule has 2 aromatic carbocycles. The fourth-order valence-corrected chi connectivity index (χ4v) is 4.33. The molecule has 5 nitrogen and oxygen atoms in total. The van der Waals surface area contributed by atoms with E-state index in [-0.39, 0.29) is 11.7 Å². The largest absolute Gasteiger partial charge is 0.348 e. The third kappa shape index (κ3) is 5.62. The highest BCUT2D eigenvalue weighted by Gasteiger charge is 2.24. The molecule has 0 radical (unpaired) electrons. The van der Waals surface area contributed by atoms with Crippen LogP contribution in [-0.2, 0) is 23.0 Å². The number of rotatable bonds is 6. The molecule has 0 aliphatic carbocycles. The average molecular weight is 405 g/mol. The van der Waals surface area contributed by atoms with Gasteiger partial charge >= 0.3 is 0 Å². The second-order valence-electron chi connectivity index (χ2n) is 7.32. The van der Waals surface area contributed by atoms with Gasteiger partial charge in [0.1, 0.15) is 5.82 Å². The second kappa shape index (κ2) is 8.84. The molecular formula is C21H25FN2O3S. The molecule has 0 spiro atoms. The lowest BCUT2D eigenvalue weighted by molar-refractivity contribution is 0.0951. The van der Waals surface area contributed by atoms with Gasteiger partial charge in [-0.2, -0.15) is 0 Å². The highest BCUT2D eigenvalue weighted by Crippen LogP contribution is 2.23. The van der Waals surface area contributed by atoms with Crippen LogP contribution < -0.4 is 5.32 Å². The van der Waals surface area contributed by atoms with E-state index in [4.69, 9.17) is 0 Å². The molecule has 1 fully saturated rings. The summed E-state index contributed by atoms with van der Waals surface area (Å²) in [6, 6.07) is 13.6. The number of nitrogens with zero attached hydrogens (tertiary/aromatic N) is 1. The van der Waals surface area contributed by atoms with Gasteiger partial charge in [0, 0.05) is 25.2 Å². The molecule has 3 rings (SSSR count). The minimum absolute atomic E-state index is 0.169. The third-order valence-electron chi connectivity index (χ3n) is 5.15. The monoisotopic (exact) mass is 404 g/mol. The lowest BCUT2D eigenvalue weighted by Crippen LogP contribution is -2.38.